The van der Waals surface area contributed by atoms with Crippen molar-refractivity contribution in [1.29, 1.82) is 0 Å². The van der Waals surface area contributed by atoms with E-state index in [1.165, 1.54) is 18.9 Å². The molecule has 0 amide bonds. The standard InChI is InChI=1S/C13H17ClFN/c1-9(8-16-11-3-4-11)6-10-2-5-12(14)13(15)7-10/h2,5,7,9,11,16H,3-4,6,8H2,1H3. The number of hydrogen-bond acceptors (Lipinski definition) is 1. The minimum Gasteiger partial charge on any atom is -0.314 e. The monoisotopic (exact) mass is 241 g/mol. The van der Waals surface area contributed by atoms with E-state index in [2.05, 4.69) is 12.2 Å². The van der Waals surface area contributed by atoms with Gasteiger partial charge < -0.3 is 5.32 Å². The average molecular weight is 242 g/mol. The number of halogens is 2. The molecule has 1 atom stereocenters. The number of rotatable bonds is 5. The molecule has 0 spiro atoms. The van der Waals surface area contributed by atoms with Crippen molar-refractivity contribution in [2.24, 2.45) is 5.92 Å². The van der Waals surface area contributed by atoms with Gasteiger partial charge in [0.15, 0.2) is 0 Å². The summed E-state index contributed by atoms with van der Waals surface area (Å²) < 4.78 is 13.2. The SMILES string of the molecule is CC(CNC1CC1)Cc1ccc(Cl)c(F)c1. The molecule has 1 aliphatic carbocycles. The highest BCUT2D eigenvalue weighted by Gasteiger charge is 2.20. The van der Waals surface area contributed by atoms with Crippen molar-refractivity contribution < 1.29 is 4.39 Å². The van der Waals surface area contributed by atoms with E-state index in [-0.39, 0.29) is 10.8 Å². The molecule has 1 aromatic rings. The molecule has 0 heterocycles. The van der Waals surface area contributed by atoms with Gasteiger partial charge in [-0.05, 0) is 49.4 Å². The van der Waals surface area contributed by atoms with Gasteiger partial charge in [0.25, 0.3) is 0 Å². The molecule has 3 heteroatoms. The Bertz CT molecular complexity index is 363. The van der Waals surface area contributed by atoms with Crippen LogP contribution in [0.4, 0.5) is 4.39 Å². The molecule has 16 heavy (non-hydrogen) atoms. The van der Waals surface area contributed by atoms with Crippen molar-refractivity contribution in [3.63, 3.8) is 0 Å². The third-order valence-electron chi connectivity index (χ3n) is 2.90. The van der Waals surface area contributed by atoms with Crippen LogP contribution in [0, 0.1) is 11.7 Å². The normalized spacial score (nSPS) is 17.4. The van der Waals surface area contributed by atoms with E-state index in [0.717, 1.165) is 24.6 Å². The summed E-state index contributed by atoms with van der Waals surface area (Å²) in [5.74, 6) is 0.211. The van der Waals surface area contributed by atoms with Crippen molar-refractivity contribution in [2.75, 3.05) is 6.54 Å². The smallest absolute Gasteiger partial charge is 0.142 e. The second-order valence-corrected chi connectivity index (χ2v) is 5.15. The predicted molar refractivity (Wildman–Crippen MR) is 65.3 cm³/mol. The first-order valence-corrected chi connectivity index (χ1v) is 6.20. The Kier molecular flexibility index (Phi) is 3.82. The lowest BCUT2D eigenvalue weighted by atomic mass is 10.0. The molecule has 1 aliphatic rings. The second-order valence-electron chi connectivity index (χ2n) is 4.74. The van der Waals surface area contributed by atoms with E-state index in [1.807, 2.05) is 6.07 Å². The highest BCUT2D eigenvalue weighted by atomic mass is 35.5. The van der Waals surface area contributed by atoms with Gasteiger partial charge in [0.1, 0.15) is 5.82 Å². The molecule has 0 bridgehead atoms. The van der Waals surface area contributed by atoms with E-state index < -0.39 is 0 Å². The van der Waals surface area contributed by atoms with Gasteiger partial charge in [-0.25, -0.2) is 4.39 Å². The maximum absolute atomic E-state index is 13.2. The average Bonchev–Trinajstić information content (AvgIpc) is 3.04. The molecule has 88 valence electrons. The van der Waals surface area contributed by atoms with Gasteiger partial charge in [-0.1, -0.05) is 24.6 Å². The molecular weight excluding hydrogens is 225 g/mol. The predicted octanol–water partition coefficient (Wildman–Crippen LogP) is 3.41. The molecule has 1 saturated carbocycles. The Morgan fingerprint density at radius 3 is 2.88 bits per heavy atom. The van der Waals surface area contributed by atoms with E-state index in [9.17, 15) is 4.39 Å². The molecule has 1 nitrogen and oxygen atoms in total. The molecule has 2 rings (SSSR count). The third-order valence-corrected chi connectivity index (χ3v) is 3.21. The zero-order valence-corrected chi connectivity index (χ0v) is 10.2. The molecule has 0 aliphatic heterocycles. The fourth-order valence-electron chi connectivity index (χ4n) is 1.80. The van der Waals surface area contributed by atoms with Gasteiger partial charge in [-0.3, -0.25) is 0 Å². The van der Waals surface area contributed by atoms with E-state index in [1.54, 1.807) is 6.07 Å². The highest BCUT2D eigenvalue weighted by Crippen LogP contribution is 2.20. The number of hydrogen-bond donors (Lipinski definition) is 1. The van der Waals surface area contributed by atoms with Crippen LogP contribution in [0.25, 0.3) is 0 Å². The molecule has 1 unspecified atom stereocenters. The lowest BCUT2D eigenvalue weighted by molar-refractivity contribution is 0.507. The Balaban J connectivity index is 1.84. The van der Waals surface area contributed by atoms with Crippen LogP contribution in [0.15, 0.2) is 18.2 Å². The molecular formula is C13H17ClFN. The molecule has 0 aromatic heterocycles. The van der Waals surface area contributed by atoms with Crippen LogP contribution in [0.5, 0.6) is 0 Å². The van der Waals surface area contributed by atoms with Gasteiger partial charge in [0.2, 0.25) is 0 Å². The summed E-state index contributed by atoms with van der Waals surface area (Å²) in [6, 6.07) is 5.81. The van der Waals surface area contributed by atoms with E-state index >= 15 is 0 Å². The van der Waals surface area contributed by atoms with Crippen LogP contribution in [-0.2, 0) is 6.42 Å². The van der Waals surface area contributed by atoms with Crippen molar-refractivity contribution in [3.05, 3.63) is 34.6 Å². The van der Waals surface area contributed by atoms with Crippen LogP contribution < -0.4 is 5.32 Å². The Morgan fingerprint density at radius 1 is 1.50 bits per heavy atom. The number of nitrogens with one attached hydrogen (secondary N) is 1. The summed E-state index contributed by atoms with van der Waals surface area (Å²) in [4.78, 5) is 0. The fraction of sp³-hybridized carbons (Fsp3) is 0.538. The highest BCUT2D eigenvalue weighted by molar-refractivity contribution is 6.30. The summed E-state index contributed by atoms with van der Waals surface area (Å²) in [6.07, 6.45) is 3.51. The van der Waals surface area contributed by atoms with Crippen molar-refractivity contribution in [2.45, 2.75) is 32.2 Å². The van der Waals surface area contributed by atoms with Crippen LogP contribution in [0.2, 0.25) is 5.02 Å². The van der Waals surface area contributed by atoms with Crippen molar-refractivity contribution in [3.8, 4) is 0 Å². The molecule has 1 fully saturated rings. The van der Waals surface area contributed by atoms with Gasteiger partial charge in [0, 0.05) is 6.04 Å². The van der Waals surface area contributed by atoms with Gasteiger partial charge in [0.05, 0.1) is 5.02 Å². The molecule has 1 N–H and O–H groups in total. The van der Waals surface area contributed by atoms with Gasteiger partial charge >= 0.3 is 0 Å². The zero-order chi connectivity index (χ0) is 11.5. The first-order chi connectivity index (χ1) is 7.65. The van der Waals surface area contributed by atoms with Crippen LogP contribution in [0.3, 0.4) is 0 Å². The summed E-state index contributed by atoms with van der Waals surface area (Å²) >= 11 is 5.64. The largest absolute Gasteiger partial charge is 0.314 e. The number of benzene rings is 1. The van der Waals surface area contributed by atoms with Gasteiger partial charge in [-0.2, -0.15) is 0 Å². The zero-order valence-electron chi connectivity index (χ0n) is 9.47. The Labute approximate surface area is 101 Å². The molecule has 1 aromatic carbocycles. The first-order valence-electron chi connectivity index (χ1n) is 5.82. The summed E-state index contributed by atoms with van der Waals surface area (Å²) in [6.45, 7) is 3.19. The fourth-order valence-corrected chi connectivity index (χ4v) is 1.91. The van der Waals surface area contributed by atoms with E-state index in [4.69, 9.17) is 11.6 Å². The summed E-state index contributed by atoms with van der Waals surface area (Å²) in [7, 11) is 0. The van der Waals surface area contributed by atoms with Crippen LogP contribution in [0.1, 0.15) is 25.3 Å². The van der Waals surface area contributed by atoms with Crippen LogP contribution >= 0.6 is 11.6 Å². The quantitative estimate of drug-likeness (QED) is 0.833. The van der Waals surface area contributed by atoms with Gasteiger partial charge in [-0.15, -0.1) is 0 Å². The van der Waals surface area contributed by atoms with E-state index in [0.29, 0.717) is 5.92 Å². The third kappa shape index (κ3) is 3.46. The van der Waals surface area contributed by atoms with Crippen LogP contribution in [-0.4, -0.2) is 12.6 Å². The maximum Gasteiger partial charge on any atom is 0.142 e. The molecule has 0 radical (unpaired) electrons. The maximum atomic E-state index is 13.2. The van der Waals surface area contributed by atoms with Crippen molar-refractivity contribution >= 4 is 11.6 Å². The van der Waals surface area contributed by atoms with Crippen molar-refractivity contribution in [1.82, 2.24) is 5.32 Å². The summed E-state index contributed by atoms with van der Waals surface area (Å²) in [5, 5.41) is 3.68. The molecule has 0 saturated heterocycles. The minimum absolute atomic E-state index is 0.201. The Hall–Kier alpha value is -0.600. The topological polar surface area (TPSA) is 12.0 Å². The summed E-state index contributed by atoms with van der Waals surface area (Å²) in [5.41, 5.74) is 1.02. The lowest BCUT2D eigenvalue weighted by Gasteiger charge is -2.12. The Morgan fingerprint density at radius 2 is 2.25 bits per heavy atom. The minimum atomic E-state index is -0.318. The second kappa shape index (κ2) is 5.15. The lowest BCUT2D eigenvalue weighted by Crippen LogP contribution is -2.24. The first kappa shape index (κ1) is 11.9.